The van der Waals surface area contributed by atoms with Gasteiger partial charge in [0.05, 0.1) is 34.8 Å². The molecular formula is C12H15ClN2O6. The molecule has 0 spiro atoms. The number of hydrogen-bond donors (Lipinski definition) is 3. The lowest BCUT2D eigenvalue weighted by atomic mass is 10.1. The standard InChI is InChI=1S/C12H15ClN2O6/c1-2-21-12(18)7-3-9(13)11(10(4-7)15(19)20)14-5-8(17)6-16/h3-4,8,14,16-17H,2,5-6H2,1H3. The first-order valence-electron chi connectivity index (χ1n) is 6.08. The first kappa shape index (κ1) is 17.2. The summed E-state index contributed by atoms with van der Waals surface area (Å²) < 4.78 is 4.76. The summed E-state index contributed by atoms with van der Waals surface area (Å²) in [6.07, 6.45) is -1.09. The van der Waals surface area contributed by atoms with Crippen molar-refractivity contribution in [2.45, 2.75) is 13.0 Å². The number of nitrogens with one attached hydrogen (secondary N) is 1. The Hall–Kier alpha value is -1.90. The number of aliphatic hydroxyl groups excluding tert-OH is 2. The van der Waals surface area contributed by atoms with Gasteiger partial charge in [0.15, 0.2) is 0 Å². The maximum Gasteiger partial charge on any atom is 0.338 e. The average Bonchev–Trinajstić information content (AvgIpc) is 2.44. The van der Waals surface area contributed by atoms with Gasteiger partial charge >= 0.3 is 5.97 Å². The Kier molecular flexibility index (Phi) is 6.35. The normalized spacial score (nSPS) is 11.8. The van der Waals surface area contributed by atoms with Crippen LogP contribution in [0, 0.1) is 10.1 Å². The number of aliphatic hydroxyl groups is 2. The molecule has 0 saturated heterocycles. The van der Waals surface area contributed by atoms with Crippen LogP contribution in [0.3, 0.4) is 0 Å². The molecule has 1 aromatic rings. The molecule has 0 aliphatic rings. The minimum atomic E-state index is -1.09. The number of nitrogens with zero attached hydrogens (tertiary/aromatic N) is 1. The molecule has 0 bridgehead atoms. The van der Waals surface area contributed by atoms with Gasteiger partial charge in [-0.1, -0.05) is 11.6 Å². The fourth-order valence-corrected chi connectivity index (χ4v) is 1.81. The average molecular weight is 319 g/mol. The Morgan fingerprint density at radius 2 is 2.24 bits per heavy atom. The first-order valence-corrected chi connectivity index (χ1v) is 6.46. The van der Waals surface area contributed by atoms with Crippen LogP contribution in [0.15, 0.2) is 12.1 Å². The molecule has 0 fully saturated rings. The zero-order valence-electron chi connectivity index (χ0n) is 11.2. The number of benzene rings is 1. The molecule has 1 rings (SSSR count). The lowest BCUT2D eigenvalue weighted by Gasteiger charge is -2.13. The van der Waals surface area contributed by atoms with Gasteiger partial charge in [-0.2, -0.15) is 0 Å². The van der Waals surface area contributed by atoms with E-state index in [0.717, 1.165) is 6.07 Å². The van der Waals surface area contributed by atoms with Crippen molar-refractivity contribution in [1.29, 1.82) is 0 Å². The molecule has 8 nitrogen and oxygen atoms in total. The van der Waals surface area contributed by atoms with E-state index in [1.165, 1.54) is 6.07 Å². The summed E-state index contributed by atoms with van der Waals surface area (Å²) in [6.45, 7) is 1.11. The largest absolute Gasteiger partial charge is 0.462 e. The Bertz CT molecular complexity index is 537. The van der Waals surface area contributed by atoms with Crippen LogP contribution in [0.5, 0.6) is 0 Å². The van der Waals surface area contributed by atoms with Crippen LogP contribution in [0.1, 0.15) is 17.3 Å². The van der Waals surface area contributed by atoms with E-state index < -0.39 is 29.3 Å². The van der Waals surface area contributed by atoms with Crippen molar-refractivity contribution in [1.82, 2.24) is 0 Å². The predicted octanol–water partition coefficient (Wildman–Crippen LogP) is 1.19. The number of ether oxygens (including phenoxy) is 1. The molecule has 9 heteroatoms. The number of rotatable bonds is 7. The first-order chi connectivity index (χ1) is 9.90. The summed E-state index contributed by atoms with van der Waals surface area (Å²) in [6, 6.07) is 2.28. The molecule has 1 unspecified atom stereocenters. The number of hydrogen-bond acceptors (Lipinski definition) is 7. The van der Waals surface area contributed by atoms with Crippen molar-refractivity contribution in [2.75, 3.05) is 25.1 Å². The zero-order valence-corrected chi connectivity index (χ0v) is 12.0. The Balaban J connectivity index is 3.13. The third-order valence-electron chi connectivity index (χ3n) is 2.50. The Morgan fingerprint density at radius 1 is 1.57 bits per heavy atom. The highest BCUT2D eigenvalue weighted by Gasteiger charge is 2.22. The smallest absolute Gasteiger partial charge is 0.338 e. The third-order valence-corrected chi connectivity index (χ3v) is 2.80. The molecule has 0 aromatic heterocycles. The summed E-state index contributed by atoms with van der Waals surface area (Å²) in [4.78, 5) is 22.0. The zero-order chi connectivity index (χ0) is 16.0. The maximum absolute atomic E-state index is 11.6. The second kappa shape index (κ2) is 7.77. The summed E-state index contributed by atoms with van der Waals surface area (Å²) >= 11 is 5.93. The monoisotopic (exact) mass is 318 g/mol. The van der Waals surface area contributed by atoms with Crippen LogP contribution >= 0.6 is 11.6 Å². The molecule has 21 heavy (non-hydrogen) atoms. The Morgan fingerprint density at radius 3 is 2.76 bits per heavy atom. The van der Waals surface area contributed by atoms with Crippen molar-refractivity contribution in [3.63, 3.8) is 0 Å². The van der Waals surface area contributed by atoms with Crippen LogP contribution in [0.25, 0.3) is 0 Å². The molecule has 1 atom stereocenters. The fraction of sp³-hybridized carbons (Fsp3) is 0.417. The van der Waals surface area contributed by atoms with E-state index in [1.807, 2.05) is 0 Å². The topological polar surface area (TPSA) is 122 Å². The third kappa shape index (κ3) is 4.55. The van der Waals surface area contributed by atoms with E-state index in [9.17, 15) is 20.0 Å². The SMILES string of the molecule is CCOC(=O)c1cc(Cl)c(NCC(O)CO)c([N+](=O)[O-])c1. The molecule has 0 aliphatic carbocycles. The van der Waals surface area contributed by atoms with Gasteiger partial charge in [-0.05, 0) is 13.0 Å². The summed E-state index contributed by atoms with van der Waals surface area (Å²) in [7, 11) is 0. The van der Waals surface area contributed by atoms with Crippen molar-refractivity contribution >= 4 is 28.9 Å². The molecular weight excluding hydrogens is 304 g/mol. The molecule has 0 aliphatic heterocycles. The van der Waals surface area contributed by atoms with Gasteiger partial charge in [-0.3, -0.25) is 10.1 Å². The van der Waals surface area contributed by atoms with E-state index >= 15 is 0 Å². The quantitative estimate of drug-likeness (QED) is 0.392. The summed E-state index contributed by atoms with van der Waals surface area (Å²) in [5.74, 6) is -0.718. The van der Waals surface area contributed by atoms with Crippen LogP contribution in [0.4, 0.5) is 11.4 Å². The summed E-state index contributed by atoms with van der Waals surface area (Å²) in [5.41, 5.74) is -0.500. The van der Waals surface area contributed by atoms with Crippen molar-refractivity contribution in [3.05, 3.63) is 32.8 Å². The molecule has 0 saturated carbocycles. The number of nitro groups is 1. The Labute approximate surface area is 125 Å². The number of anilines is 1. The van der Waals surface area contributed by atoms with Crippen LogP contribution in [-0.4, -0.2) is 47.0 Å². The van der Waals surface area contributed by atoms with Gasteiger partial charge in [0.2, 0.25) is 0 Å². The summed E-state index contributed by atoms with van der Waals surface area (Å²) in [5, 5.41) is 31.6. The highest BCUT2D eigenvalue weighted by Crippen LogP contribution is 2.34. The van der Waals surface area contributed by atoms with Crippen LogP contribution in [-0.2, 0) is 4.74 Å². The highest BCUT2D eigenvalue weighted by molar-refractivity contribution is 6.34. The van der Waals surface area contributed by atoms with Gasteiger partial charge in [0.1, 0.15) is 5.69 Å². The molecule has 116 valence electrons. The molecule has 1 aromatic carbocycles. The number of halogens is 1. The van der Waals surface area contributed by atoms with E-state index in [4.69, 9.17) is 21.4 Å². The fourth-order valence-electron chi connectivity index (χ4n) is 1.53. The lowest BCUT2D eigenvalue weighted by molar-refractivity contribution is -0.384. The minimum Gasteiger partial charge on any atom is -0.462 e. The van der Waals surface area contributed by atoms with Gasteiger partial charge in [0, 0.05) is 12.6 Å². The van der Waals surface area contributed by atoms with Crippen LogP contribution < -0.4 is 5.32 Å². The molecule has 0 radical (unpaired) electrons. The van der Waals surface area contributed by atoms with Crippen molar-refractivity contribution in [2.24, 2.45) is 0 Å². The van der Waals surface area contributed by atoms with Gasteiger partial charge in [-0.15, -0.1) is 0 Å². The predicted molar refractivity (Wildman–Crippen MR) is 75.6 cm³/mol. The number of carbonyl (C=O) groups is 1. The van der Waals surface area contributed by atoms with Gasteiger partial charge in [-0.25, -0.2) is 4.79 Å². The van der Waals surface area contributed by atoms with E-state index in [1.54, 1.807) is 6.92 Å². The second-order valence-corrected chi connectivity index (χ2v) is 4.45. The molecule has 0 amide bonds. The van der Waals surface area contributed by atoms with Crippen molar-refractivity contribution in [3.8, 4) is 0 Å². The molecule has 3 N–H and O–H groups in total. The lowest BCUT2D eigenvalue weighted by Crippen LogP contribution is -2.23. The number of carbonyl (C=O) groups excluding carboxylic acids is 1. The maximum atomic E-state index is 11.6. The van der Waals surface area contributed by atoms with Gasteiger partial charge < -0.3 is 20.3 Å². The van der Waals surface area contributed by atoms with Gasteiger partial charge in [0.25, 0.3) is 5.69 Å². The molecule has 0 heterocycles. The number of esters is 1. The number of nitro benzene ring substituents is 1. The van der Waals surface area contributed by atoms with E-state index in [0.29, 0.717) is 0 Å². The minimum absolute atomic E-state index is 0.0396. The highest BCUT2D eigenvalue weighted by atomic mass is 35.5. The second-order valence-electron chi connectivity index (χ2n) is 4.05. The van der Waals surface area contributed by atoms with E-state index in [2.05, 4.69) is 5.32 Å². The van der Waals surface area contributed by atoms with Crippen LogP contribution in [0.2, 0.25) is 5.02 Å². The van der Waals surface area contributed by atoms with Crippen molar-refractivity contribution < 1.29 is 24.7 Å². The van der Waals surface area contributed by atoms with E-state index in [-0.39, 0.29) is 29.4 Å².